The molecule has 0 saturated carbocycles. The van der Waals surface area contributed by atoms with Crippen LogP contribution in [0.5, 0.6) is 5.75 Å². The van der Waals surface area contributed by atoms with Gasteiger partial charge < -0.3 is 4.74 Å². The summed E-state index contributed by atoms with van der Waals surface area (Å²) in [4.78, 5) is 0. The van der Waals surface area contributed by atoms with Crippen LogP contribution in [0.4, 0.5) is 0 Å². The molecule has 0 heterocycles. The van der Waals surface area contributed by atoms with Crippen LogP contribution in [0.15, 0.2) is 42.5 Å². The highest BCUT2D eigenvalue weighted by molar-refractivity contribution is 6.31. The molecule has 0 spiro atoms. The average Bonchev–Trinajstić information content (AvgIpc) is 2.45. The maximum absolute atomic E-state index is 8.85. The van der Waals surface area contributed by atoms with Crippen LogP contribution >= 0.6 is 11.6 Å². The third kappa shape index (κ3) is 3.77. The lowest BCUT2D eigenvalue weighted by molar-refractivity contribution is 0.297. The van der Waals surface area contributed by atoms with E-state index in [0.717, 1.165) is 16.9 Å². The number of nitrogens with zero attached hydrogens (tertiary/aromatic N) is 1. The molecule has 0 aliphatic rings. The summed E-state index contributed by atoms with van der Waals surface area (Å²) in [6.45, 7) is 6.86. The van der Waals surface area contributed by atoms with Gasteiger partial charge in [-0.1, -0.05) is 56.6 Å². The van der Waals surface area contributed by atoms with Gasteiger partial charge in [0.1, 0.15) is 12.4 Å². The van der Waals surface area contributed by atoms with Gasteiger partial charge in [0, 0.05) is 10.6 Å². The Hall–Kier alpha value is -1.98. The van der Waals surface area contributed by atoms with Crippen molar-refractivity contribution in [3.8, 4) is 11.8 Å². The fraction of sp³-hybridized carbons (Fsp3) is 0.278. The van der Waals surface area contributed by atoms with E-state index < -0.39 is 0 Å². The van der Waals surface area contributed by atoms with Gasteiger partial charge in [0.15, 0.2) is 0 Å². The first kappa shape index (κ1) is 15.4. The number of hydrogen-bond donors (Lipinski definition) is 0. The zero-order valence-corrected chi connectivity index (χ0v) is 13.2. The van der Waals surface area contributed by atoms with Gasteiger partial charge in [-0.05, 0) is 29.2 Å². The smallest absolute Gasteiger partial charge is 0.123 e. The van der Waals surface area contributed by atoms with Gasteiger partial charge in [-0.25, -0.2) is 0 Å². The molecule has 0 aliphatic heterocycles. The number of halogens is 1. The van der Waals surface area contributed by atoms with Gasteiger partial charge in [0.25, 0.3) is 0 Å². The minimum absolute atomic E-state index is 0.0189. The summed E-state index contributed by atoms with van der Waals surface area (Å²) in [6.07, 6.45) is 0. The molecule has 0 aromatic heterocycles. The predicted molar refractivity (Wildman–Crippen MR) is 85.6 cm³/mol. The third-order valence-corrected chi connectivity index (χ3v) is 3.61. The first-order valence-electron chi connectivity index (χ1n) is 6.82. The lowest BCUT2D eigenvalue weighted by Gasteiger charge is -2.22. The molecule has 0 bridgehead atoms. The quantitative estimate of drug-likeness (QED) is 0.791. The Labute approximate surface area is 130 Å². The minimum atomic E-state index is 0.0189. The number of nitriles is 1. The first-order valence-corrected chi connectivity index (χ1v) is 7.20. The van der Waals surface area contributed by atoms with Crippen LogP contribution in [0.2, 0.25) is 5.02 Å². The van der Waals surface area contributed by atoms with Crippen molar-refractivity contribution in [2.75, 3.05) is 0 Å². The molecule has 0 amide bonds. The molecule has 2 aromatic carbocycles. The van der Waals surface area contributed by atoms with E-state index >= 15 is 0 Å². The normalized spacial score (nSPS) is 11.0. The summed E-state index contributed by atoms with van der Waals surface area (Å²) >= 11 is 6.17. The summed E-state index contributed by atoms with van der Waals surface area (Å²) in [5.41, 5.74) is 2.61. The Morgan fingerprint density at radius 2 is 1.86 bits per heavy atom. The molecular formula is C18H18ClNO. The van der Waals surface area contributed by atoms with Crippen molar-refractivity contribution in [1.29, 1.82) is 5.26 Å². The molecule has 0 atom stereocenters. The van der Waals surface area contributed by atoms with E-state index in [0.29, 0.717) is 17.2 Å². The number of ether oxygens (including phenoxy) is 1. The van der Waals surface area contributed by atoms with Crippen LogP contribution in [0.3, 0.4) is 0 Å². The molecule has 0 fully saturated rings. The molecule has 21 heavy (non-hydrogen) atoms. The van der Waals surface area contributed by atoms with Crippen molar-refractivity contribution in [1.82, 2.24) is 0 Å². The summed E-state index contributed by atoms with van der Waals surface area (Å²) in [5, 5.41) is 9.40. The van der Waals surface area contributed by atoms with Gasteiger partial charge in [-0.15, -0.1) is 0 Å². The Morgan fingerprint density at radius 1 is 1.14 bits per heavy atom. The van der Waals surface area contributed by atoms with E-state index in [1.165, 1.54) is 0 Å². The summed E-state index contributed by atoms with van der Waals surface area (Å²) in [5.74, 6) is 0.866. The zero-order valence-electron chi connectivity index (χ0n) is 12.5. The van der Waals surface area contributed by atoms with Crippen molar-refractivity contribution >= 4 is 11.6 Å². The molecule has 2 aromatic rings. The number of benzene rings is 2. The van der Waals surface area contributed by atoms with E-state index in [9.17, 15) is 0 Å². The molecule has 0 N–H and O–H groups in total. The summed E-state index contributed by atoms with van der Waals surface area (Å²) in [7, 11) is 0. The van der Waals surface area contributed by atoms with Crippen LogP contribution in [-0.4, -0.2) is 0 Å². The molecule has 0 unspecified atom stereocenters. The predicted octanol–water partition coefficient (Wildman–Crippen LogP) is 5.09. The largest absolute Gasteiger partial charge is 0.489 e. The molecule has 108 valence electrons. The van der Waals surface area contributed by atoms with Crippen LogP contribution in [-0.2, 0) is 12.0 Å². The fourth-order valence-corrected chi connectivity index (χ4v) is 2.34. The standard InChI is InChI=1S/C18H18ClNO/c1-18(2,3)15-6-4-5-7-17(15)21-12-14-9-8-13(11-20)10-16(14)19/h4-10H,12H2,1-3H3. The van der Waals surface area contributed by atoms with Gasteiger partial charge in [0.2, 0.25) is 0 Å². The lowest BCUT2D eigenvalue weighted by Crippen LogP contribution is -2.13. The molecular weight excluding hydrogens is 282 g/mol. The van der Waals surface area contributed by atoms with Crippen LogP contribution in [0, 0.1) is 11.3 Å². The Balaban J connectivity index is 2.20. The van der Waals surface area contributed by atoms with Crippen molar-refractivity contribution in [2.24, 2.45) is 0 Å². The van der Waals surface area contributed by atoms with Crippen LogP contribution in [0.25, 0.3) is 0 Å². The molecule has 0 saturated heterocycles. The highest BCUT2D eigenvalue weighted by Gasteiger charge is 2.18. The SMILES string of the molecule is CC(C)(C)c1ccccc1OCc1ccc(C#N)cc1Cl. The van der Waals surface area contributed by atoms with Gasteiger partial charge in [0.05, 0.1) is 11.6 Å². The Bertz CT molecular complexity index is 680. The fourth-order valence-electron chi connectivity index (χ4n) is 2.10. The lowest BCUT2D eigenvalue weighted by atomic mass is 9.86. The number of para-hydroxylation sites is 1. The summed E-state index contributed by atoms with van der Waals surface area (Å²) < 4.78 is 5.94. The van der Waals surface area contributed by atoms with E-state index in [4.69, 9.17) is 21.6 Å². The number of hydrogen-bond acceptors (Lipinski definition) is 2. The number of rotatable bonds is 3. The van der Waals surface area contributed by atoms with Crippen molar-refractivity contribution in [3.63, 3.8) is 0 Å². The van der Waals surface area contributed by atoms with E-state index in [-0.39, 0.29) is 5.41 Å². The topological polar surface area (TPSA) is 33.0 Å². The molecule has 0 aliphatic carbocycles. The average molecular weight is 300 g/mol. The van der Waals surface area contributed by atoms with Crippen molar-refractivity contribution in [3.05, 3.63) is 64.2 Å². The minimum Gasteiger partial charge on any atom is -0.489 e. The zero-order chi connectivity index (χ0) is 15.5. The van der Waals surface area contributed by atoms with Crippen molar-refractivity contribution < 1.29 is 4.74 Å². The molecule has 2 nitrogen and oxygen atoms in total. The van der Waals surface area contributed by atoms with E-state index in [1.54, 1.807) is 12.1 Å². The Kier molecular flexibility index (Phi) is 4.55. The third-order valence-electron chi connectivity index (χ3n) is 3.26. The Morgan fingerprint density at radius 3 is 2.48 bits per heavy atom. The van der Waals surface area contributed by atoms with Crippen LogP contribution in [0.1, 0.15) is 37.5 Å². The second kappa shape index (κ2) is 6.20. The summed E-state index contributed by atoms with van der Waals surface area (Å²) in [6, 6.07) is 15.3. The van der Waals surface area contributed by atoms with Gasteiger partial charge in [-0.2, -0.15) is 5.26 Å². The van der Waals surface area contributed by atoms with Gasteiger partial charge >= 0.3 is 0 Å². The van der Waals surface area contributed by atoms with Crippen molar-refractivity contribution in [2.45, 2.75) is 32.8 Å². The second-order valence-electron chi connectivity index (χ2n) is 5.95. The van der Waals surface area contributed by atoms with E-state index in [2.05, 4.69) is 32.9 Å². The monoisotopic (exact) mass is 299 g/mol. The van der Waals surface area contributed by atoms with Gasteiger partial charge in [-0.3, -0.25) is 0 Å². The second-order valence-corrected chi connectivity index (χ2v) is 6.36. The maximum Gasteiger partial charge on any atom is 0.123 e. The molecule has 2 rings (SSSR count). The highest BCUT2D eigenvalue weighted by atomic mass is 35.5. The maximum atomic E-state index is 8.85. The van der Waals surface area contributed by atoms with Crippen LogP contribution < -0.4 is 4.74 Å². The highest BCUT2D eigenvalue weighted by Crippen LogP contribution is 2.31. The molecule has 3 heteroatoms. The first-order chi connectivity index (χ1) is 9.91. The molecule has 0 radical (unpaired) electrons. The van der Waals surface area contributed by atoms with E-state index in [1.807, 2.05) is 24.3 Å².